The van der Waals surface area contributed by atoms with Crippen LogP contribution in [0.1, 0.15) is 24.3 Å². The Morgan fingerprint density at radius 1 is 1.44 bits per heavy atom. The number of rotatable bonds is 4. The first kappa shape index (κ1) is 13.7. The molecule has 0 spiro atoms. The number of allylic oxidation sites excluding steroid dienone is 1. The number of urea groups is 1. The van der Waals surface area contributed by atoms with Crippen LogP contribution in [0.4, 0.5) is 10.5 Å². The highest BCUT2D eigenvalue weighted by Gasteiger charge is 2.12. The molecule has 0 radical (unpaired) electrons. The molecule has 6 heteroatoms. The monoisotopic (exact) mass is 249 g/mol. The lowest BCUT2D eigenvalue weighted by atomic mass is 10.3. The molecule has 2 amide bonds. The molecule has 0 aromatic carbocycles. The number of nitrogens with one attached hydrogen (secondary N) is 2. The summed E-state index contributed by atoms with van der Waals surface area (Å²) in [4.78, 5) is 26.0. The Balaban J connectivity index is 2.65. The predicted molar refractivity (Wildman–Crippen MR) is 67.6 cm³/mol. The second-order valence-electron chi connectivity index (χ2n) is 3.82. The van der Waals surface area contributed by atoms with Gasteiger partial charge in [-0.15, -0.1) is 0 Å². The molecule has 1 rings (SSSR count). The van der Waals surface area contributed by atoms with Gasteiger partial charge in [-0.1, -0.05) is 11.6 Å². The van der Waals surface area contributed by atoms with Gasteiger partial charge in [0, 0.05) is 12.7 Å². The molecule has 1 aromatic heterocycles. The zero-order valence-electron chi connectivity index (χ0n) is 10.2. The summed E-state index contributed by atoms with van der Waals surface area (Å²) in [6, 6.07) is 2.57. The summed E-state index contributed by atoms with van der Waals surface area (Å²) in [7, 11) is 0. The first-order valence-corrected chi connectivity index (χ1v) is 5.37. The maximum absolute atomic E-state index is 11.5. The fraction of sp³-hybridized carbons (Fsp3) is 0.250. The van der Waals surface area contributed by atoms with Crippen LogP contribution in [0.15, 0.2) is 30.0 Å². The molecule has 1 aromatic rings. The molecule has 0 aliphatic rings. The molecular weight excluding hydrogens is 234 g/mol. The number of anilines is 1. The molecule has 0 atom stereocenters. The van der Waals surface area contributed by atoms with Gasteiger partial charge < -0.3 is 15.7 Å². The van der Waals surface area contributed by atoms with E-state index < -0.39 is 12.0 Å². The zero-order chi connectivity index (χ0) is 13.5. The van der Waals surface area contributed by atoms with Crippen molar-refractivity contribution in [2.24, 2.45) is 0 Å². The highest BCUT2D eigenvalue weighted by molar-refractivity contribution is 5.98. The Kier molecular flexibility index (Phi) is 4.86. The molecule has 1 heterocycles. The number of carbonyl (C=O) groups excluding carboxylic acids is 1. The molecule has 96 valence electrons. The first-order valence-electron chi connectivity index (χ1n) is 5.37. The smallest absolute Gasteiger partial charge is 0.356 e. The van der Waals surface area contributed by atoms with Crippen molar-refractivity contribution in [3.05, 3.63) is 35.7 Å². The van der Waals surface area contributed by atoms with Gasteiger partial charge in [0.05, 0.1) is 5.69 Å². The van der Waals surface area contributed by atoms with Crippen molar-refractivity contribution in [2.75, 3.05) is 11.9 Å². The van der Waals surface area contributed by atoms with Gasteiger partial charge >= 0.3 is 12.0 Å². The van der Waals surface area contributed by atoms with Crippen LogP contribution in [0.25, 0.3) is 0 Å². The number of pyridine rings is 1. The third kappa shape index (κ3) is 4.25. The predicted octanol–water partition coefficient (Wildman–Crippen LogP) is 1.87. The number of carboxylic acid groups (broad SMARTS) is 1. The Labute approximate surface area is 105 Å². The number of carboxylic acids is 1. The minimum Gasteiger partial charge on any atom is -0.476 e. The van der Waals surface area contributed by atoms with Crippen LogP contribution >= 0.6 is 0 Å². The Hall–Kier alpha value is -2.37. The second kappa shape index (κ2) is 6.39. The summed E-state index contributed by atoms with van der Waals surface area (Å²) >= 11 is 0. The fourth-order valence-corrected chi connectivity index (χ4v) is 1.19. The number of aromatic nitrogens is 1. The third-order valence-corrected chi connectivity index (χ3v) is 2.03. The van der Waals surface area contributed by atoms with Crippen molar-refractivity contribution in [1.29, 1.82) is 0 Å². The van der Waals surface area contributed by atoms with E-state index in [1.165, 1.54) is 12.3 Å². The summed E-state index contributed by atoms with van der Waals surface area (Å²) < 4.78 is 0. The summed E-state index contributed by atoms with van der Waals surface area (Å²) in [6.07, 6.45) is 3.21. The minimum atomic E-state index is -1.19. The molecule has 0 bridgehead atoms. The van der Waals surface area contributed by atoms with Crippen LogP contribution in [-0.2, 0) is 0 Å². The molecule has 0 saturated carbocycles. The van der Waals surface area contributed by atoms with Gasteiger partial charge in [0.25, 0.3) is 0 Å². The van der Waals surface area contributed by atoms with E-state index in [9.17, 15) is 9.59 Å². The van der Waals surface area contributed by atoms with Crippen LogP contribution in [0.3, 0.4) is 0 Å². The topological polar surface area (TPSA) is 91.3 Å². The summed E-state index contributed by atoms with van der Waals surface area (Å²) in [6.45, 7) is 4.23. The average molecular weight is 249 g/mol. The summed E-state index contributed by atoms with van der Waals surface area (Å²) in [5.74, 6) is -1.19. The number of hydrogen-bond acceptors (Lipinski definition) is 3. The molecule has 3 N–H and O–H groups in total. The molecule has 0 aliphatic heterocycles. The molecular formula is C12H15N3O3. The highest BCUT2D eigenvalue weighted by atomic mass is 16.4. The van der Waals surface area contributed by atoms with E-state index in [2.05, 4.69) is 15.6 Å². The number of amides is 2. The van der Waals surface area contributed by atoms with E-state index in [0.717, 1.165) is 5.57 Å². The quantitative estimate of drug-likeness (QED) is 0.710. The number of nitrogens with zero attached hydrogens (tertiary/aromatic N) is 1. The lowest BCUT2D eigenvalue weighted by Crippen LogP contribution is -2.29. The van der Waals surface area contributed by atoms with E-state index in [4.69, 9.17) is 5.11 Å². The first-order chi connectivity index (χ1) is 8.50. The van der Waals surface area contributed by atoms with Gasteiger partial charge in [-0.3, -0.25) is 0 Å². The van der Waals surface area contributed by atoms with E-state index in [-0.39, 0.29) is 11.4 Å². The molecule has 0 aliphatic carbocycles. The van der Waals surface area contributed by atoms with Crippen LogP contribution in [0.5, 0.6) is 0 Å². The SMILES string of the molecule is CC(C)=CCNC(=O)Nc1cccnc1C(=O)O. The lowest BCUT2D eigenvalue weighted by Gasteiger charge is -2.07. The van der Waals surface area contributed by atoms with Crippen LogP contribution in [0.2, 0.25) is 0 Å². The maximum Gasteiger partial charge on any atom is 0.356 e. The van der Waals surface area contributed by atoms with Crippen molar-refractivity contribution in [3.63, 3.8) is 0 Å². The van der Waals surface area contributed by atoms with Gasteiger partial charge in [0.2, 0.25) is 0 Å². The van der Waals surface area contributed by atoms with E-state index in [0.29, 0.717) is 6.54 Å². The zero-order valence-corrected chi connectivity index (χ0v) is 10.2. The van der Waals surface area contributed by atoms with Crippen molar-refractivity contribution in [2.45, 2.75) is 13.8 Å². The van der Waals surface area contributed by atoms with E-state index in [1.807, 2.05) is 19.9 Å². The van der Waals surface area contributed by atoms with Gasteiger partial charge in [-0.05, 0) is 26.0 Å². The van der Waals surface area contributed by atoms with E-state index >= 15 is 0 Å². The standard InChI is InChI=1S/C12H15N3O3/c1-8(2)5-7-14-12(18)15-9-4-3-6-13-10(9)11(16)17/h3-6H,7H2,1-2H3,(H,16,17)(H2,14,15,18). The van der Waals surface area contributed by atoms with Crippen molar-refractivity contribution in [3.8, 4) is 0 Å². The van der Waals surface area contributed by atoms with Gasteiger partial charge in [0.1, 0.15) is 0 Å². The van der Waals surface area contributed by atoms with Crippen molar-refractivity contribution < 1.29 is 14.7 Å². The number of aromatic carboxylic acids is 1. The van der Waals surface area contributed by atoms with Gasteiger partial charge in [-0.25, -0.2) is 14.6 Å². The van der Waals surface area contributed by atoms with Crippen LogP contribution in [0, 0.1) is 0 Å². The van der Waals surface area contributed by atoms with Crippen LogP contribution < -0.4 is 10.6 Å². The Morgan fingerprint density at radius 2 is 2.17 bits per heavy atom. The third-order valence-electron chi connectivity index (χ3n) is 2.03. The fourth-order valence-electron chi connectivity index (χ4n) is 1.19. The van der Waals surface area contributed by atoms with Crippen LogP contribution in [-0.4, -0.2) is 28.6 Å². The lowest BCUT2D eigenvalue weighted by molar-refractivity contribution is 0.0692. The summed E-state index contributed by atoms with van der Waals surface area (Å²) in [5.41, 5.74) is 1.07. The molecule has 0 fully saturated rings. The minimum absolute atomic E-state index is 0.166. The summed E-state index contributed by atoms with van der Waals surface area (Å²) in [5, 5.41) is 13.9. The van der Waals surface area contributed by atoms with Gasteiger partial charge in [0.15, 0.2) is 5.69 Å². The molecule has 0 unspecified atom stereocenters. The molecule has 18 heavy (non-hydrogen) atoms. The Morgan fingerprint density at radius 3 is 2.78 bits per heavy atom. The number of hydrogen-bond donors (Lipinski definition) is 3. The van der Waals surface area contributed by atoms with Crippen molar-refractivity contribution >= 4 is 17.7 Å². The normalized spacial score (nSPS) is 9.44. The molecule has 6 nitrogen and oxygen atoms in total. The van der Waals surface area contributed by atoms with Crippen molar-refractivity contribution in [1.82, 2.24) is 10.3 Å². The highest BCUT2D eigenvalue weighted by Crippen LogP contribution is 2.11. The maximum atomic E-state index is 11.5. The average Bonchev–Trinajstić information content (AvgIpc) is 2.28. The number of carbonyl (C=O) groups is 2. The molecule has 0 saturated heterocycles. The largest absolute Gasteiger partial charge is 0.476 e. The van der Waals surface area contributed by atoms with Gasteiger partial charge in [-0.2, -0.15) is 0 Å². The Bertz CT molecular complexity index is 479. The van der Waals surface area contributed by atoms with E-state index in [1.54, 1.807) is 6.07 Å². The second-order valence-corrected chi connectivity index (χ2v) is 3.82.